The molecule has 0 aromatic heterocycles. The van der Waals surface area contributed by atoms with Crippen LogP contribution in [0, 0.1) is 0 Å². The van der Waals surface area contributed by atoms with Gasteiger partial charge in [0.15, 0.2) is 0 Å². The molecular formula is C8H16O8. The molecule has 0 aromatic rings. The van der Waals surface area contributed by atoms with Crippen molar-refractivity contribution >= 4 is 18.3 Å². The predicted octanol–water partition coefficient (Wildman–Crippen LogP) is 2.10. The molecule has 0 heterocycles. The average molecular weight is 240 g/mol. The molecule has 0 bridgehead atoms. The minimum Gasteiger partial charge on any atom is -0.481 e. The summed E-state index contributed by atoms with van der Waals surface area (Å²) in [5.41, 5.74) is 0. The molecule has 0 atom stereocenters. The van der Waals surface area contributed by atoms with Crippen molar-refractivity contribution in [3.63, 3.8) is 0 Å². The number of aliphatic carboxylic acids is 1. The number of rotatable bonds is 4. The monoisotopic (exact) mass is 240 g/mol. The summed E-state index contributed by atoms with van der Waals surface area (Å²) in [7, 11) is 0. The van der Waals surface area contributed by atoms with Crippen LogP contribution < -0.4 is 0 Å². The van der Waals surface area contributed by atoms with E-state index < -0.39 is 18.3 Å². The second-order valence-electron chi connectivity index (χ2n) is 2.42. The molecule has 8 heteroatoms. The van der Waals surface area contributed by atoms with E-state index in [0.717, 1.165) is 19.3 Å². The Bertz CT molecular complexity index is 180. The van der Waals surface area contributed by atoms with E-state index in [1.54, 1.807) is 0 Å². The molecule has 0 aliphatic carbocycles. The number of hydrogen-bond donors (Lipinski definition) is 5. The van der Waals surface area contributed by atoms with Crippen molar-refractivity contribution in [2.75, 3.05) is 0 Å². The van der Waals surface area contributed by atoms with Crippen LogP contribution in [0.5, 0.6) is 0 Å². The predicted molar refractivity (Wildman–Crippen MR) is 53.1 cm³/mol. The maximum absolute atomic E-state index is 9.87. The summed E-state index contributed by atoms with van der Waals surface area (Å²) in [5.74, 6) is -0.682. The fraction of sp³-hybridized carbons (Fsp3) is 0.625. The van der Waals surface area contributed by atoms with Gasteiger partial charge in [-0.25, -0.2) is 9.59 Å². The fourth-order valence-electron chi connectivity index (χ4n) is 0.526. The van der Waals surface area contributed by atoms with E-state index in [4.69, 9.17) is 35.1 Å². The highest BCUT2D eigenvalue weighted by atomic mass is 16.6. The Morgan fingerprint density at radius 1 is 0.812 bits per heavy atom. The van der Waals surface area contributed by atoms with Crippen LogP contribution in [0.1, 0.15) is 32.6 Å². The van der Waals surface area contributed by atoms with Crippen molar-refractivity contribution in [3.8, 4) is 0 Å². The second kappa shape index (κ2) is 15.5. The summed E-state index contributed by atoms with van der Waals surface area (Å²) in [4.78, 5) is 27.0. The highest BCUT2D eigenvalue weighted by molar-refractivity contribution is 5.66. The van der Waals surface area contributed by atoms with Crippen LogP contribution in [0.3, 0.4) is 0 Å². The van der Waals surface area contributed by atoms with Crippen LogP contribution in [0.25, 0.3) is 0 Å². The van der Waals surface area contributed by atoms with Crippen molar-refractivity contribution < 1.29 is 39.9 Å². The van der Waals surface area contributed by atoms with Crippen LogP contribution in [0.4, 0.5) is 9.59 Å². The Morgan fingerprint density at radius 3 is 1.31 bits per heavy atom. The summed E-state index contributed by atoms with van der Waals surface area (Å²) < 4.78 is 0. The third-order valence-electron chi connectivity index (χ3n) is 0.994. The zero-order valence-corrected chi connectivity index (χ0v) is 8.79. The van der Waals surface area contributed by atoms with E-state index >= 15 is 0 Å². The number of carbonyl (C=O) groups is 3. The van der Waals surface area contributed by atoms with Crippen LogP contribution in [0.15, 0.2) is 0 Å². The van der Waals surface area contributed by atoms with Gasteiger partial charge in [-0.15, -0.1) is 0 Å². The van der Waals surface area contributed by atoms with Crippen molar-refractivity contribution in [2.45, 2.75) is 32.6 Å². The first kappa shape index (κ1) is 19.6. The lowest BCUT2D eigenvalue weighted by molar-refractivity contribution is -0.137. The second-order valence-corrected chi connectivity index (χ2v) is 2.42. The standard InChI is InChI=1S/C6H12O2.2CH2O3/c1-2-3-4-5-6(7)8;2*2-1(3)4/h2-5H2,1H3,(H,7,8);2*(H2,2,3,4). The molecular weight excluding hydrogens is 224 g/mol. The molecule has 5 N–H and O–H groups in total. The molecule has 0 aliphatic heterocycles. The fourth-order valence-corrected chi connectivity index (χ4v) is 0.526. The Labute approximate surface area is 91.8 Å². The quantitative estimate of drug-likeness (QED) is 0.468. The maximum atomic E-state index is 9.87. The molecule has 0 radical (unpaired) electrons. The first-order valence-corrected chi connectivity index (χ1v) is 4.29. The average Bonchev–Trinajstić information content (AvgIpc) is 2.01. The molecule has 0 amide bonds. The minimum atomic E-state index is -1.83. The van der Waals surface area contributed by atoms with Crippen molar-refractivity contribution in [1.29, 1.82) is 0 Å². The smallest absolute Gasteiger partial charge is 0.481 e. The number of hydrogen-bond acceptors (Lipinski definition) is 3. The summed E-state index contributed by atoms with van der Waals surface area (Å²) >= 11 is 0. The summed E-state index contributed by atoms with van der Waals surface area (Å²) in [6, 6.07) is 0. The van der Waals surface area contributed by atoms with Gasteiger partial charge >= 0.3 is 18.3 Å². The van der Waals surface area contributed by atoms with Gasteiger partial charge in [-0.2, -0.15) is 0 Å². The zero-order chi connectivity index (χ0) is 13.6. The summed E-state index contributed by atoms with van der Waals surface area (Å²) in [6.45, 7) is 2.06. The van der Waals surface area contributed by atoms with Crippen LogP contribution >= 0.6 is 0 Å². The Morgan fingerprint density at radius 2 is 1.12 bits per heavy atom. The SMILES string of the molecule is CCCCCC(=O)O.O=C(O)O.O=C(O)O. The lowest BCUT2D eigenvalue weighted by atomic mass is 10.2. The Balaban J connectivity index is -0.000000179. The molecule has 0 aliphatic rings. The summed E-state index contributed by atoms with van der Waals surface area (Å²) in [6.07, 6.45) is -0.390. The van der Waals surface area contributed by atoms with E-state index in [9.17, 15) is 4.79 Å². The Hall–Kier alpha value is -1.99. The van der Waals surface area contributed by atoms with Gasteiger partial charge in [0.05, 0.1) is 0 Å². The van der Waals surface area contributed by atoms with Crippen LogP contribution in [-0.2, 0) is 4.79 Å². The van der Waals surface area contributed by atoms with Gasteiger partial charge in [0.25, 0.3) is 0 Å². The van der Waals surface area contributed by atoms with Crippen molar-refractivity contribution in [3.05, 3.63) is 0 Å². The highest BCUT2D eigenvalue weighted by Gasteiger charge is 1.92. The van der Waals surface area contributed by atoms with Crippen molar-refractivity contribution in [1.82, 2.24) is 0 Å². The van der Waals surface area contributed by atoms with Gasteiger partial charge in [0.2, 0.25) is 0 Å². The van der Waals surface area contributed by atoms with E-state index in [-0.39, 0.29) is 0 Å². The van der Waals surface area contributed by atoms with E-state index in [2.05, 4.69) is 6.92 Å². The maximum Gasteiger partial charge on any atom is 0.503 e. The van der Waals surface area contributed by atoms with Gasteiger partial charge in [0, 0.05) is 6.42 Å². The first-order valence-electron chi connectivity index (χ1n) is 4.29. The molecule has 0 saturated carbocycles. The normalized spacial score (nSPS) is 7.56. The topological polar surface area (TPSA) is 152 Å². The molecule has 0 fully saturated rings. The van der Waals surface area contributed by atoms with E-state index in [1.807, 2.05) is 0 Å². The molecule has 0 saturated heterocycles. The molecule has 0 spiro atoms. The van der Waals surface area contributed by atoms with E-state index in [1.165, 1.54) is 0 Å². The van der Waals surface area contributed by atoms with Gasteiger partial charge in [-0.05, 0) is 6.42 Å². The first-order chi connectivity index (χ1) is 7.23. The van der Waals surface area contributed by atoms with Gasteiger partial charge < -0.3 is 25.5 Å². The van der Waals surface area contributed by atoms with Crippen molar-refractivity contribution in [2.24, 2.45) is 0 Å². The highest BCUT2D eigenvalue weighted by Crippen LogP contribution is 1.97. The third kappa shape index (κ3) is 161. The van der Waals surface area contributed by atoms with Gasteiger partial charge in [0.1, 0.15) is 0 Å². The van der Waals surface area contributed by atoms with E-state index in [0.29, 0.717) is 6.42 Å². The molecule has 96 valence electrons. The molecule has 8 nitrogen and oxygen atoms in total. The Kier molecular flexibility index (Phi) is 18.9. The lowest BCUT2D eigenvalue weighted by Gasteiger charge is -1.89. The third-order valence-corrected chi connectivity index (χ3v) is 0.994. The number of carboxylic acids is 1. The molecule has 0 rings (SSSR count). The summed E-state index contributed by atoms with van der Waals surface area (Å²) in [5, 5.41) is 36.0. The largest absolute Gasteiger partial charge is 0.503 e. The minimum absolute atomic E-state index is 0.327. The van der Waals surface area contributed by atoms with Gasteiger partial charge in [-0.1, -0.05) is 19.8 Å². The van der Waals surface area contributed by atoms with Crippen LogP contribution in [0.2, 0.25) is 0 Å². The number of carboxylic acid groups (broad SMARTS) is 5. The number of unbranched alkanes of at least 4 members (excludes halogenated alkanes) is 2. The zero-order valence-electron chi connectivity index (χ0n) is 8.79. The molecule has 16 heavy (non-hydrogen) atoms. The molecule has 0 unspecified atom stereocenters. The van der Waals surface area contributed by atoms with Gasteiger partial charge in [-0.3, -0.25) is 4.79 Å². The molecule has 0 aromatic carbocycles. The van der Waals surface area contributed by atoms with Crippen LogP contribution in [-0.4, -0.2) is 43.8 Å². The lowest BCUT2D eigenvalue weighted by Crippen LogP contribution is -1.92.